The molecule has 0 spiro atoms. The van der Waals surface area contributed by atoms with E-state index in [-0.39, 0.29) is 5.78 Å². The molecule has 0 amide bonds. The summed E-state index contributed by atoms with van der Waals surface area (Å²) in [6, 6.07) is 7.57. The third-order valence-corrected chi connectivity index (χ3v) is 3.69. The van der Waals surface area contributed by atoms with Crippen LogP contribution in [0.15, 0.2) is 24.3 Å². The molecule has 1 fully saturated rings. The van der Waals surface area contributed by atoms with Gasteiger partial charge in [-0.3, -0.25) is 4.79 Å². The number of ketones is 1. The monoisotopic (exact) mass is 246 g/mol. The minimum absolute atomic E-state index is 0.179. The molecule has 18 heavy (non-hydrogen) atoms. The largest absolute Gasteiger partial charge is 0.493 e. The molecule has 98 valence electrons. The summed E-state index contributed by atoms with van der Waals surface area (Å²) in [5.74, 6) is 1.71. The molecule has 0 N–H and O–H groups in total. The summed E-state index contributed by atoms with van der Waals surface area (Å²) in [6.07, 6.45) is 7.16. The van der Waals surface area contributed by atoms with Crippen LogP contribution in [0.4, 0.5) is 0 Å². The third-order valence-electron chi connectivity index (χ3n) is 3.69. The Morgan fingerprint density at radius 2 is 2.06 bits per heavy atom. The van der Waals surface area contributed by atoms with Gasteiger partial charge in [-0.2, -0.15) is 0 Å². The number of carbonyl (C=O) groups is 1. The van der Waals surface area contributed by atoms with Crippen molar-refractivity contribution < 1.29 is 9.53 Å². The molecule has 0 saturated heterocycles. The Bertz CT molecular complexity index is 392. The van der Waals surface area contributed by atoms with Gasteiger partial charge in [-0.05, 0) is 30.9 Å². The van der Waals surface area contributed by atoms with Crippen LogP contribution in [0.5, 0.6) is 5.75 Å². The first-order valence-electron chi connectivity index (χ1n) is 7.05. The maximum Gasteiger partial charge on any atom is 0.162 e. The molecule has 0 radical (unpaired) electrons. The maximum absolute atomic E-state index is 11.6. The summed E-state index contributed by atoms with van der Waals surface area (Å²) in [5, 5.41) is 0. The normalized spacial score (nSPS) is 16.5. The Morgan fingerprint density at radius 3 is 2.78 bits per heavy atom. The molecule has 0 bridgehead atoms. The zero-order valence-electron chi connectivity index (χ0n) is 11.2. The van der Waals surface area contributed by atoms with Crippen LogP contribution < -0.4 is 4.74 Å². The molecule has 1 aromatic carbocycles. The fourth-order valence-electron chi connectivity index (χ4n) is 2.53. The van der Waals surface area contributed by atoms with E-state index in [9.17, 15) is 4.79 Å². The van der Waals surface area contributed by atoms with Crippen molar-refractivity contribution in [2.24, 2.45) is 5.92 Å². The fraction of sp³-hybridized carbons (Fsp3) is 0.562. The summed E-state index contributed by atoms with van der Waals surface area (Å²) >= 11 is 0. The molecule has 2 heteroatoms. The number of rotatable bonds is 5. The second kappa shape index (κ2) is 6.58. The van der Waals surface area contributed by atoms with Crippen LogP contribution >= 0.6 is 0 Å². The van der Waals surface area contributed by atoms with Crippen molar-refractivity contribution in [2.75, 3.05) is 6.61 Å². The predicted octanol–water partition coefficient (Wildman–Crippen LogP) is 4.24. The van der Waals surface area contributed by atoms with Crippen molar-refractivity contribution in [1.82, 2.24) is 0 Å². The van der Waals surface area contributed by atoms with Gasteiger partial charge in [-0.15, -0.1) is 0 Å². The summed E-state index contributed by atoms with van der Waals surface area (Å²) in [7, 11) is 0. The van der Waals surface area contributed by atoms with Crippen molar-refractivity contribution in [3.63, 3.8) is 0 Å². The number of Topliss-reactive ketones (excluding diaryl/α,β-unsaturated/α-hetero) is 1. The summed E-state index contributed by atoms with van der Waals surface area (Å²) in [4.78, 5) is 11.6. The summed E-state index contributed by atoms with van der Waals surface area (Å²) in [5.41, 5.74) is 0.763. The van der Waals surface area contributed by atoms with E-state index in [1.54, 1.807) is 0 Å². The van der Waals surface area contributed by atoms with Crippen LogP contribution in [-0.4, -0.2) is 12.4 Å². The van der Waals surface area contributed by atoms with Gasteiger partial charge in [-0.1, -0.05) is 38.3 Å². The highest BCUT2D eigenvalue weighted by Crippen LogP contribution is 2.25. The van der Waals surface area contributed by atoms with Gasteiger partial charge in [0.2, 0.25) is 0 Å². The van der Waals surface area contributed by atoms with Crippen LogP contribution in [0.1, 0.15) is 55.8 Å². The Labute approximate surface area is 109 Å². The van der Waals surface area contributed by atoms with Gasteiger partial charge < -0.3 is 4.74 Å². The number of ether oxygens (including phenoxy) is 1. The summed E-state index contributed by atoms with van der Waals surface area (Å²) < 4.78 is 5.83. The van der Waals surface area contributed by atoms with Crippen molar-refractivity contribution >= 4 is 5.78 Å². The lowest BCUT2D eigenvalue weighted by atomic mass is 9.90. The van der Waals surface area contributed by atoms with Crippen LogP contribution in [0, 0.1) is 5.92 Å². The highest BCUT2D eigenvalue weighted by Gasteiger charge is 2.14. The van der Waals surface area contributed by atoms with Crippen molar-refractivity contribution in [1.29, 1.82) is 0 Å². The maximum atomic E-state index is 11.6. The molecular weight excluding hydrogens is 224 g/mol. The molecule has 1 aromatic rings. The first-order valence-corrected chi connectivity index (χ1v) is 7.05. The number of carbonyl (C=O) groups excluding carboxylic acids is 1. The second-order valence-corrected chi connectivity index (χ2v) is 5.12. The van der Waals surface area contributed by atoms with E-state index in [2.05, 4.69) is 0 Å². The molecule has 0 atom stereocenters. The van der Waals surface area contributed by atoms with E-state index in [4.69, 9.17) is 4.74 Å². The molecule has 0 aliphatic heterocycles. The van der Waals surface area contributed by atoms with Gasteiger partial charge in [0.15, 0.2) is 5.78 Å². The standard InChI is InChI=1S/C16H22O2/c1-2-16(17)14-9-6-10-15(11-14)18-12-13-7-4-3-5-8-13/h6,9-11,13H,2-5,7-8,12H2,1H3. The highest BCUT2D eigenvalue weighted by atomic mass is 16.5. The van der Waals surface area contributed by atoms with Gasteiger partial charge in [0.1, 0.15) is 5.75 Å². The highest BCUT2D eigenvalue weighted by molar-refractivity contribution is 5.96. The summed E-state index contributed by atoms with van der Waals surface area (Å²) in [6.45, 7) is 2.68. The topological polar surface area (TPSA) is 26.3 Å². The average Bonchev–Trinajstić information content (AvgIpc) is 2.45. The van der Waals surface area contributed by atoms with Crippen molar-refractivity contribution in [2.45, 2.75) is 45.4 Å². The fourth-order valence-corrected chi connectivity index (χ4v) is 2.53. The van der Waals surface area contributed by atoms with E-state index in [1.165, 1.54) is 32.1 Å². The lowest BCUT2D eigenvalue weighted by molar-refractivity contribution is 0.0987. The van der Waals surface area contributed by atoms with Crippen LogP contribution in [0.3, 0.4) is 0 Å². The molecule has 1 saturated carbocycles. The van der Waals surface area contributed by atoms with Crippen LogP contribution in [0.2, 0.25) is 0 Å². The molecule has 0 unspecified atom stereocenters. The van der Waals surface area contributed by atoms with Gasteiger partial charge in [-0.25, -0.2) is 0 Å². The minimum Gasteiger partial charge on any atom is -0.493 e. The van der Waals surface area contributed by atoms with Crippen LogP contribution in [-0.2, 0) is 0 Å². The quantitative estimate of drug-likeness (QED) is 0.726. The van der Waals surface area contributed by atoms with E-state index in [1.807, 2.05) is 31.2 Å². The molecule has 1 aliphatic carbocycles. The SMILES string of the molecule is CCC(=O)c1cccc(OCC2CCCCC2)c1. The molecule has 0 heterocycles. The van der Waals surface area contributed by atoms with Gasteiger partial charge in [0.25, 0.3) is 0 Å². The van der Waals surface area contributed by atoms with Gasteiger partial charge >= 0.3 is 0 Å². The predicted molar refractivity (Wildman–Crippen MR) is 73.1 cm³/mol. The molecule has 2 nitrogen and oxygen atoms in total. The Morgan fingerprint density at radius 1 is 1.28 bits per heavy atom. The Kier molecular flexibility index (Phi) is 4.80. The second-order valence-electron chi connectivity index (χ2n) is 5.12. The molecule has 2 rings (SSSR count). The van der Waals surface area contributed by atoms with Gasteiger partial charge in [0, 0.05) is 12.0 Å². The molecule has 0 aromatic heterocycles. The molecular formula is C16H22O2. The zero-order chi connectivity index (χ0) is 12.8. The zero-order valence-corrected chi connectivity index (χ0v) is 11.2. The van der Waals surface area contributed by atoms with Crippen LogP contribution in [0.25, 0.3) is 0 Å². The first-order chi connectivity index (χ1) is 8.79. The third kappa shape index (κ3) is 3.59. The lowest BCUT2D eigenvalue weighted by Gasteiger charge is -2.21. The number of hydrogen-bond donors (Lipinski definition) is 0. The van der Waals surface area contributed by atoms with Gasteiger partial charge in [0.05, 0.1) is 6.61 Å². The van der Waals surface area contributed by atoms with Crippen molar-refractivity contribution in [3.8, 4) is 5.75 Å². The average molecular weight is 246 g/mol. The molecule has 1 aliphatic rings. The number of hydrogen-bond acceptors (Lipinski definition) is 2. The van der Waals surface area contributed by atoms with E-state index in [0.29, 0.717) is 12.3 Å². The van der Waals surface area contributed by atoms with E-state index < -0.39 is 0 Å². The van der Waals surface area contributed by atoms with E-state index >= 15 is 0 Å². The lowest BCUT2D eigenvalue weighted by Crippen LogP contribution is -2.15. The first kappa shape index (κ1) is 13.1. The van der Waals surface area contributed by atoms with Crippen molar-refractivity contribution in [3.05, 3.63) is 29.8 Å². The number of benzene rings is 1. The Hall–Kier alpha value is -1.31. The van der Waals surface area contributed by atoms with E-state index in [0.717, 1.165) is 17.9 Å². The smallest absolute Gasteiger partial charge is 0.162 e. The minimum atomic E-state index is 0.179. The Balaban J connectivity index is 1.90.